The van der Waals surface area contributed by atoms with Crippen LogP contribution in [-0.2, 0) is 16.1 Å². The largest absolute Gasteiger partial charge is 0.496 e. The number of rotatable bonds is 8. The Morgan fingerprint density at radius 1 is 1.10 bits per heavy atom. The van der Waals surface area contributed by atoms with Crippen molar-refractivity contribution in [2.75, 3.05) is 14.2 Å². The Labute approximate surface area is 175 Å². The maximum absolute atomic E-state index is 12.1. The first-order valence-corrected chi connectivity index (χ1v) is 9.84. The molecule has 2 aromatic carbocycles. The van der Waals surface area contributed by atoms with Crippen LogP contribution in [0, 0.1) is 0 Å². The number of methoxy groups -OCH3 is 2. The van der Waals surface area contributed by atoms with E-state index >= 15 is 0 Å². The van der Waals surface area contributed by atoms with Gasteiger partial charge in [0.1, 0.15) is 22.3 Å². The maximum atomic E-state index is 12.1. The van der Waals surface area contributed by atoms with E-state index < -0.39 is 11.6 Å². The lowest BCUT2D eigenvalue weighted by Crippen LogP contribution is -2.48. The van der Waals surface area contributed by atoms with Gasteiger partial charge in [-0.25, -0.2) is 4.79 Å². The van der Waals surface area contributed by atoms with Gasteiger partial charge in [0.05, 0.1) is 26.9 Å². The van der Waals surface area contributed by atoms with Crippen LogP contribution >= 0.6 is 11.6 Å². The highest BCUT2D eigenvalue weighted by atomic mass is 35.5. The monoisotopic (exact) mass is 420 g/mol. The Morgan fingerprint density at radius 3 is 2.34 bits per heavy atom. The molecule has 1 saturated carbocycles. The Hall–Kier alpha value is -2.44. The lowest BCUT2D eigenvalue weighted by Gasteiger charge is -2.37. The molecule has 1 fully saturated rings. The molecule has 6 nitrogen and oxygen atoms in total. The van der Waals surface area contributed by atoms with Crippen molar-refractivity contribution in [1.29, 1.82) is 0 Å². The number of carbonyl (C=O) groups is 1. The molecule has 0 aliphatic heterocycles. The smallest absolute Gasteiger partial charge is 0.348 e. The SMILES string of the molecule is COc1cc(OC)c(Cl)c(OC2(C(=O)O)CCC(OCc3ccccc3)CC2)c1. The summed E-state index contributed by atoms with van der Waals surface area (Å²) in [7, 11) is 2.99. The molecule has 156 valence electrons. The molecule has 29 heavy (non-hydrogen) atoms. The van der Waals surface area contributed by atoms with E-state index in [1.807, 2.05) is 30.3 Å². The van der Waals surface area contributed by atoms with Crippen LogP contribution in [-0.4, -0.2) is 37.0 Å². The van der Waals surface area contributed by atoms with E-state index in [0.717, 1.165) is 5.56 Å². The van der Waals surface area contributed by atoms with Crippen molar-refractivity contribution in [1.82, 2.24) is 0 Å². The first kappa shape index (κ1) is 21.3. The molecule has 3 rings (SSSR count). The van der Waals surface area contributed by atoms with Gasteiger partial charge in [-0.15, -0.1) is 0 Å². The third-order valence-corrected chi connectivity index (χ3v) is 5.57. The van der Waals surface area contributed by atoms with Gasteiger partial charge in [0, 0.05) is 25.0 Å². The van der Waals surface area contributed by atoms with Crippen molar-refractivity contribution in [2.45, 2.75) is 44.0 Å². The summed E-state index contributed by atoms with van der Waals surface area (Å²) in [6.07, 6.45) is 1.78. The van der Waals surface area contributed by atoms with E-state index in [2.05, 4.69) is 0 Å². The number of hydrogen-bond donors (Lipinski definition) is 1. The number of hydrogen-bond acceptors (Lipinski definition) is 5. The molecule has 0 amide bonds. The van der Waals surface area contributed by atoms with E-state index in [0.29, 0.717) is 43.8 Å². The number of benzene rings is 2. The number of ether oxygens (including phenoxy) is 4. The number of carboxylic acids is 1. The molecule has 0 heterocycles. The van der Waals surface area contributed by atoms with Crippen LogP contribution in [0.1, 0.15) is 31.2 Å². The fourth-order valence-corrected chi connectivity index (χ4v) is 3.70. The van der Waals surface area contributed by atoms with Crippen molar-refractivity contribution in [3.63, 3.8) is 0 Å². The fourth-order valence-electron chi connectivity index (χ4n) is 3.47. The summed E-state index contributed by atoms with van der Waals surface area (Å²) in [6.45, 7) is 0.505. The lowest BCUT2D eigenvalue weighted by molar-refractivity contribution is -0.161. The van der Waals surface area contributed by atoms with Crippen LogP contribution in [0.25, 0.3) is 0 Å². The van der Waals surface area contributed by atoms with Crippen LogP contribution in [0.5, 0.6) is 17.2 Å². The molecule has 0 aromatic heterocycles. The average molecular weight is 421 g/mol. The van der Waals surface area contributed by atoms with Gasteiger partial charge in [0.15, 0.2) is 0 Å². The molecular formula is C22H25ClO6. The number of aliphatic carboxylic acids is 1. The van der Waals surface area contributed by atoms with Crippen LogP contribution in [0.15, 0.2) is 42.5 Å². The summed E-state index contributed by atoms with van der Waals surface area (Å²) in [5.74, 6) is 0.0499. The third-order valence-electron chi connectivity index (χ3n) is 5.20. The maximum Gasteiger partial charge on any atom is 0.348 e. The zero-order valence-electron chi connectivity index (χ0n) is 16.5. The third kappa shape index (κ3) is 4.95. The molecule has 0 spiro atoms. The second-order valence-electron chi connectivity index (χ2n) is 7.04. The molecule has 0 atom stereocenters. The van der Waals surface area contributed by atoms with E-state index in [1.54, 1.807) is 12.1 Å². The molecular weight excluding hydrogens is 396 g/mol. The van der Waals surface area contributed by atoms with Gasteiger partial charge in [-0.1, -0.05) is 41.9 Å². The highest BCUT2D eigenvalue weighted by Crippen LogP contribution is 2.43. The minimum absolute atomic E-state index is 0.0124. The second-order valence-corrected chi connectivity index (χ2v) is 7.42. The Bertz CT molecular complexity index is 831. The van der Waals surface area contributed by atoms with Crippen molar-refractivity contribution in [3.8, 4) is 17.2 Å². The van der Waals surface area contributed by atoms with Gasteiger partial charge in [0.25, 0.3) is 0 Å². The van der Waals surface area contributed by atoms with Gasteiger partial charge in [-0.2, -0.15) is 0 Å². The van der Waals surface area contributed by atoms with Crippen LogP contribution in [0.2, 0.25) is 5.02 Å². The highest BCUT2D eigenvalue weighted by Gasteiger charge is 2.45. The molecule has 1 aliphatic carbocycles. The first-order chi connectivity index (χ1) is 14.0. The van der Waals surface area contributed by atoms with E-state index in [1.165, 1.54) is 14.2 Å². The van der Waals surface area contributed by atoms with Crippen molar-refractivity contribution in [3.05, 3.63) is 53.1 Å². The molecule has 2 aromatic rings. The summed E-state index contributed by atoms with van der Waals surface area (Å²) in [5, 5.41) is 10.1. The van der Waals surface area contributed by atoms with Gasteiger partial charge < -0.3 is 24.1 Å². The van der Waals surface area contributed by atoms with Crippen molar-refractivity contribution in [2.24, 2.45) is 0 Å². The second kappa shape index (κ2) is 9.37. The zero-order chi connectivity index (χ0) is 20.9. The molecule has 1 aliphatic rings. The molecule has 1 N–H and O–H groups in total. The number of halogens is 1. The Morgan fingerprint density at radius 2 is 1.76 bits per heavy atom. The average Bonchev–Trinajstić information content (AvgIpc) is 2.75. The van der Waals surface area contributed by atoms with Gasteiger partial charge in [-0.3, -0.25) is 0 Å². The Balaban J connectivity index is 1.70. The topological polar surface area (TPSA) is 74.2 Å². The minimum atomic E-state index is -1.37. The summed E-state index contributed by atoms with van der Waals surface area (Å²) in [5.41, 5.74) is -0.276. The zero-order valence-corrected chi connectivity index (χ0v) is 17.3. The summed E-state index contributed by atoms with van der Waals surface area (Å²) < 4.78 is 22.4. The van der Waals surface area contributed by atoms with Crippen LogP contribution in [0.4, 0.5) is 0 Å². The van der Waals surface area contributed by atoms with Gasteiger partial charge >= 0.3 is 5.97 Å². The molecule has 0 saturated heterocycles. The normalized spacial score (nSPS) is 21.4. The Kier molecular flexibility index (Phi) is 6.87. The minimum Gasteiger partial charge on any atom is -0.496 e. The lowest BCUT2D eigenvalue weighted by atomic mass is 9.83. The summed E-state index contributed by atoms with van der Waals surface area (Å²) >= 11 is 6.35. The van der Waals surface area contributed by atoms with E-state index in [4.69, 9.17) is 30.5 Å². The standard InChI is InChI=1S/C22H25ClO6/c1-26-17-12-18(27-2)20(23)19(13-17)29-22(21(24)25)10-8-16(9-11-22)28-14-15-6-4-3-5-7-15/h3-7,12-13,16H,8-11,14H2,1-2H3,(H,24,25). The molecule has 0 radical (unpaired) electrons. The molecule has 0 bridgehead atoms. The molecule has 7 heteroatoms. The van der Waals surface area contributed by atoms with Gasteiger partial charge in [-0.05, 0) is 18.4 Å². The fraction of sp³-hybridized carbons (Fsp3) is 0.409. The van der Waals surface area contributed by atoms with Crippen LogP contribution in [0.3, 0.4) is 0 Å². The summed E-state index contributed by atoms with van der Waals surface area (Å²) in [4.78, 5) is 12.1. The van der Waals surface area contributed by atoms with Gasteiger partial charge in [0.2, 0.25) is 5.60 Å². The number of carboxylic acid groups (broad SMARTS) is 1. The first-order valence-electron chi connectivity index (χ1n) is 9.47. The van der Waals surface area contributed by atoms with Crippen LogP contribution < -0.4 is 14.2 Å². The quantitative estimate of drug-likeness (QED) is 0.666. The van der Waals surface area contributed by atoms with E-state index in [9.17, 15) is 9.90 Å². The predicted molar refractivity (Wildman–Crippen MR) is 109 cm³/mol. The predicted octanol–water partition coefficient (Wildman–Crippen LogP) is 4.72. The highest BCUT2D eigenvalue weighted by molar-refractivity contribution is 6.33. The van der Waals surface area contributed by atoms with Crippen molar-refractivity contribution >= 4 is 17.6 Å². The van der Waals surface area contributed by atoms with Crippen molar-refractivity contribution < 1.29 is 28.8 Å². The summed E-state index contributed by atoms with van der Waals surface area (Å²) in [6, 6.07) is 13.1. The molecule has 0 unspecified atom stereocenters. The van der Waals surface area contributed by atoms with E-state index in [-0.39, 0.29) is 16.9 Å².